The van der Waals surface area contributed by atoms with Gasteiger partial charge in [0.05, 0.1) is 40.3 Å². The molecular weight excluding hydrogens is 715 g/mol. The number of carbonyl (C=O) groups is 3. The van der Waals surface area contributed by atoms with Crippen molar-refractivity contribution in [2.24, 2.45) is 0 Å². The number of rotatable bonds is 38. The highest BCUT2D eigenvalue weighted by atomic mass is 16.6. The van der Waals surface area contributed by atoms with E-state index in [1.807, 2.05) is 0 Å². The molecule has 57 heavy (non-hydrogen) atoms. The molecule has 324 valence electrons. The van der Waals surface area contributed by atoms with Crippen molar-refractivity contribution in [3.05, 3.63) is 85.1 Å². The monoisotopic (exact) mass is 796 g/mol. The van der Waals surface area contributed by atoms with Crippen LogP contribution in [0.2, 0.25) is 0 Å². The third-order valence-corrected chi connectivity index (χ3v) is 9.29. The average molecular weight is 796 g/mol. The summed E-state index contributed by atoms with van der Waals surface area (Å²) in [7, 11) is 5.37. The molecule has 0 saturated carbocycles. The van der Waals surface area contributed by atoms with E-state index in [0.29, 0.717) is 12.8 Å². The summed E-state index contributed by atoms with van der Waals surface area (Å²) in [6, 6.07) is -0.744. The number of ether oxygens (including phenoxy) is 3. The Bertz CT molecular complexity index is 1200. The number of nitrogens with zero attached hydrogens (tertiary/aromatic N) is 1. The maximum Gasteiger partial charge on any atom is 0.306 e. The lowest BCUT2D eigenvalue weighted by Crippen LogP contribution is -2.55. The average Bonchev–Trinajstić information content (AvgIpc) is 3.17. The topological polar surface area (TPSA) is 102 Å². The summed E-state index contributed by atoms with van der Waals surface area (Å²) in [6.07, 6.45) is 50.5. The van der Waals surface area contributed by atoms with E-state index in [2.05, 4.69) is 98.9 Å². The number of allylic oxidation sites excluding steroid dienone is 14. The van der Waals surface area contributed by atoms with Crippen molar-refractivity contribution in [1.82, 2.24) is 0 Å². The molecule has 0 aliphatic carbocycles. The number of hydrogen-bond donors (Lipinski definition) is 0. The maximum atomic E-state index is 12.7. The number of likely N-dealkylation sites (N-methyl/N-ethyl adjacent to an activating group) is 1. The molecule has 0 aromatic carbocycles. The Hall–Kier alpha value is -3.49. The summed E-state index contributed by atoms with van der Waals surface area (Å²) >= 11 is 0. The fraction of sp³-hybridized carbons (Fsp3) is 0.653. The summed E-state index contributed by atoms with van der Waals surface area (Å²) in [4.78, 5) is 36.8. The second-order valence-corrected chi connectivity index (χ2v) is 15.6. The lowest BCUT2D eigenvalue weighted by Gasteiger charge is -2.34. The van der Waals surface area contributed by atoms with Crippen LogP contribution in [0.25, 0.3) is 0 Å². The van der Waals surface area contributed by atoms with Gasteiger partial charge in [0.25, 0.3) is 0 Å². The van der Waals surface area contributed by atoms with Crippen LogP contribution in [0.4, 0.5) is 0 Å². The number of carboxylic acids is 1. The van der Waals surface area contributed by atoms with Crippen molar-refractivity contribution in [2.45, 2.75) is 167 Å². The van der Waals surface area contributed by atoms with Crippen LogP contribution in [0.3, 0.4) is 0 Å². The third-order valence-electron chi connectivity index (χ3n) is 9.29. The second-order valence-electron chi connectivity index (χ2n) is 15.6. The molecule has 0 spiro atoms. The van der Waals surface area contributed by atoms with Gasteiger partial charge in [-0.25, -0.2) is 0 Å². The van der Waals surface area contributed by atoms with Crippen LogP contribution in [0.1, 0.15) is 155 Å². The molecule has 0 N–H and O–H groups in total. The minimum absolute atomic E-state index is 0.00449. The fourth-order valence-electron chi connectivity index (χ4n) is 5.86. The van der Waals surface area contributed by atoms with E-state index in [9.17, 15) is 19.5 Å². The first kappa shape index (κ1) is 53.5. The third kappa shape index (κ3) is 37.8. The molecule has 0 saturated heterocycles. The zero-order valence-corrected chi connectivity index (χ0v) is 36.7. The smallest absolute Gasteiger partial charge is 0.306 e. The number of quaternary nitrogens is 1. The van der Waals surface area contributed by atoms with E-state index in [4.69, 9.17) is 14.2 Å². The number of aliphatic carboxylic acids is 1. The summed E-state index contributed by atoms with van der Waals surface area (Å²) < 4.78 is 17.1. The van der Waals surface area contributed by atoms with E-state index in [1.54, 1.807) is 21.1 Å². The van der Waals surface area contributed by atoms with Crippen LogP contribution in [-0.2, 0) is 28.6 Å². The molecule has 0 amide bonds. The van der Waals surface area contributed by atoms with Gasteiger partial charge in [0.15, 0.2) is 6.10 Å². The molecule has 2 unspecified atom stereocenters. The first-order valence-corrected chi connectivity index (χ1v) is 22.1. The molecule has 2 atom stereocenters. The van der Waals surface area contributed by atoms with Crippen LogP contribution in [0.15, 0.2) is 85.1 Å². The van der Waals surface area contributed by atoms with Gasteiger partial charge >= 0.3 is 11.9 Å². The van der Waals surface area contributed by atoms with Gasteiger partial charge in [-0.2, -0.15) is 0 Å². The van der Waals surface area contributed by atoms with Crippen LogP contribution < -0.4 is 5.11 Å². The Morgan fingerprint density at radius 2 is 1.05 bits per heavy atom. The highest BCUT2D eigenvalue weighted by Gasteiger charge is 2.25. The first-order chi connectivity index (χ1) is 27.6. The lowest BCUT2D eigenvalue weighted by atomic mass is 10.1. The van der Waals surface area contributed by atoms with Gasteiger partial charge in [0.2, 0.25) is 0 Å². The van der Waals surface area contributed by atoms with E-state index in [0.717, 1.165) is 70.6 Å². The molecule has 0 aromatic heterocycles. The van der Waals surface area contributed by atoms with E-state index in [-0.39, 0.29) is 49.1 Å². The highest BCUT2D eigenvalue weighted by molar-refractivity contribution is 5.70. The second kappa shape index (κ2) is 39.3. The van der Waals surface area contributed by atoms with Gasteiger partial charge in [-0.1, -0.05) is 144 Å². The Labute approximate surface area is 348 Å². The van der Waals surface area contributed by atoms with Crippen LogP contribution in [0, 0.1) is 0 Å². The molecule has 8 nitrogen and oxygen atoms in total. The molecular formula is C49H81NO7. The molecule has 0 heterocycles. The van der Waals surface area contributed by atoms with Gasteiger partial charge in [-0.15, -0.1) is 0 Å². The minimum Gasteiger partial charge on any atom is -0.544 e. The van der Waals surface area contributed by atoms with Crippen molar-refractivity contribution in [2.75, 3.05) is 41.0 Å². The van der Waals surface area contributed by atoms with Crippen LogP contribution in [-0.4, -0.2) is 75.5 Å². The molecule has 8 heteroatoms. The largest absolute Gasteiger partial charge is 0.544 e. The molecule has 0 rings (SSSR count). The highest BCUT2D eigenvalue weighted by Crippen LogP contribution is 2.11. The summed E-state index contributed by atoms with van der Waals surface area (Å²) in [5.74, 6) is -1.86. The van der Waals surface area contributed by atoms with Crippen LogP contribution in [0.5, 0.6) is 0 Å². The van der Waals surface area contributed by atoms with Crippen molar-refractivity contribution >= 4 is 17.9 Å². The lowest BCUT2D eigenvalue weighted by molar-refractivity contribution is -0.889. The van der Waals surface area contributed by atoms with Gasteiger partial charge in [0, 0.05) is 19.3 Å². The number of esters is 2. The Morgan fingerprint density at radius 1 is 0.561 bits per heavy atom. The number of carboxylic acid groups (broad SMARTS) is 1. The molecule has 0 bridgehead atoms. The van der Waals surface area contributed by atoms with Crippen molar-refractivity contribution < 1.29 is 38.2 Å². The molecule has 0 aliphatic heterocycles. The van der Waals surface area contributed by atoms with Crippen LogP contribution >= 0.6 is 0 Å². The Balaban J connectivity index is 4.51. The molecule has 0 aliphatic rings. The zero-order chi connectivity index (χ0) is 42.1. The molecule has 0 radical (unpaired) electrons. The van der Waals surface area contributed by atoms with E-state index < -0.39 is 18.1 Å². The van der Waals surface area contributed by atoms with Crippen molar-refractivity contribution in [1.29, 1.82) is 0 Å². The fourth-order valence-corrected chi connectivity index (χ4v) is 5.86. The minimum atomic E-state index is -1.14. The number of hydrogen-bond acceptors (Lipinski definition) is 7. The van der Waals surface area contributed by atoms with Gasteiger partial charge < -0.3 is 28.6 Å². The normalized spacial score (nSPS) is 13.8. The van der Waals surface area contributed by atoms with Gasteiger partial charge in [0.1, 0.15) is 12.6 Å². The maximum absolute atomic E-state index is 12.7. The van der Waals surface area contributed by atoms with Crippen molar-refractivity contribution in [3.63, 3.8) is 0 Å². The van der Waals surface area contributed by atoms with E-state index >= 15 is 0 Å². The van der Waals surface area contributed by atoms with Gasteiger partial charge in [-0.05, 0) is 77.0 Å². The first-order valence-electron chi connectivity index (χ1n) is 22.1. The molecule has 0 fully saturated rings. The number of carbonyl (C=O) groups excluding carboxylic acids is 3. The summed E-state index contributed by atoms with van der Waals surface area (Å²) in [5.41, 5.74) is 0. The predicted molar refractivity (Wildman–Crippen MR) is 235 cm³/mol. The van der Waals surface area contributed by atoms with E-state index in [1.165, 1.54) is 44.9 Å². The quantitative estimate of drug-likeness (QED) is 0.0202. The summed E-state index contributed by atoms with van der Waals surface area (Å²) in [5, 5.41) is 11.6. The zero-order valence-electron chi connectivity index (χ0n) is 36.7. The van der Waals surface area contributed by atoms with Gasteiger partial charge in [-0.3, -0.25) is 9.59 Å². The Kier molecular flexibility index (Phi) is 36.9. The summed E-state index contributed by atoms with van der Waals surface area (Å²) in [6.45, 7) is 4.43. The van der Waals surface area contributed by atoms with Crippen molar-refractivity contribution in [3.8, 4) is 0 Å². The number of unbranched alkanes of at least 4 members (excludes halogenated alkanes) is 11. The Morgan fingerprint density at radius 3 is 1.60 bits per heavy atom. The predicted octanol–water partition coefficient (Wildman–Crippen LogP) is 10.8. The SMILES string of the molecule is CC/C=C/C/C=C/C/C=C/C/C=C/C/C=C/CCCC(=O)OC(COCCC(C(=O)[O-])[N+](C)(C)C)COC(=O)CCCCC/C=C/C=C/CCCCCCCCC. The molecule has 0 aromatic rings. The standard InChI is InChI=1S/C49H81NO7/c1-6-8-10-12-14-16-18-20-22-24-26-28-30-32-34-36-38-40-48(52)57-45(43-55-42-41-46(49(53)54)50(3,4)5)44-56-47(51)39-37-35-33-31-29-27-25-23-21-19-17-15-13-11-9-7-2/h8,10,14,16,20,22-23,25-29,32,34,45-46H,6-7,9,11-13,15,17-19,21,24,30-31,33,35-44H2,1-5H3/b10-8+,16-14+,22-20+,25-23+,28-26+,29-27+,34-32+.